The van der Waals surface area contributed by atoms with Crippen molar-refractivity contribution in [2.75, 3.05) is 20.1 Å². The lowest BCUT2D eigenvalue weighted by molar-refractivity contribution is 0.0916. The SMILES string of the molecule is CC(C)C1CN(C)CCC12CC2. The van der Waals surface area contributed by atoms with E-state index in [1.807, 2.05) is 0 Å². The van der Waals surface area contributed by atoms with Crippen LogP contribution in [0.15, 0.2) is 0 Å². The van der Waals surface area contributed by atoms with Gasteiger partial charge in [0.15, 0.2) is 0 Å². The molecule has 1 aliphatic heterocycles. The Bertz CT molecular complexity index is 170. The molecular weight excluding hydrogens is 146 g/mol. The summed E-state index contributed by atoms with van der Waals surface area (Å²) in [5.74, 6) is 1.87. The second-order valence-corrected chi connectivity index (χ2v) is 5.23. The van der Waals surface area contributed by atoms with Gasteiger partial charge in [0, 0.05) is 6.54 Å². The summed E-state index contributed by atoms with van der Waals surface area (Å²) in [6.45, 7) is 7.47. The van der Waals surface area contributed by atoms with E-state index in [0.717, 1.165) is 17.3 Å². The van der Waals surface area contributed by atoms with Crippen LogP contribution in [-0.2, 0) is 0 Å². The topological polar surface area (TPSA) is 3.24 Å². The van der Waals surface area contributed by atoms with Gasteiger partial charge in [0.25, 0.3) is 0 Å². The predicted octanol–water partition coefficient (Wildman–Crippen LogP) is 2.37. The molecule has 0 aromatic rings. The molecule has 0 amide bonds. The van der Waals surface area contributed by atoms with Crippen molar-refractivity contribution in [3.63, 3.8) is 0 Å². The highest BCUT2D eigenvalue weighted by molar-refractivity contribution is 5.02. The summed E-state index contributed by atoms with van der Waals surface area (Å²) in [6, 6.07) is 0. The van der Waals surface area contributed by atoms with Crippen LogP contribution in [0.2, 0.25) is 0 Å². The van der Waals surface area contributed by atoms with Crippen LogP contribution in [0.5, 0.6) is 0 Å². The van der Waals surface area contributed by atoms with E-state index in [1.165, 1.54) is 32.4 Å². The third-order valence-electron chi connectivity index (χ3n) is 3.98. The monoisotopic (exact) mass is 167 g/mol. The first-order valence-corrected chi connectivity index (χ1v) is 5.33. The molecular formula is C11H21N. The molecule has 1 unspecified atom stereocenters. The average molecular weight is 167 g/mol. The second-order valence-electron chi connectivity index (χ2n) is 5.23. The lowest BCUT2D eigenvalue weighted by Gasteiger charge is -2.39. The molecule has 1 heterocycles. The van der Waals surface area contributed by atoms with E-state index in [9.17, 15) is 0 Å². The highest BCUT2D eigenvalue weighted by atomic mass is 15.1. The Morgan fingerprint density at radius 2 is 1.92 bits per heavy atom. The molecule has 12 heavy (non-hydrogen) atoms. The van der Waals surface area contributed by atoms with Crippen molar-refractivity contribution in [3.05, 3.63) is 0 Å². The number of likely N-dealkylation sites (tertiary alicyclic amines) is 1. The smallest absolute Gasteiger partial charge is 0.00144 e. The fraction of sp³-hybridized carbons (Fsp3) is 1.00. The van der Waals surface area contributed by atoms with Crippen LogP contribution in [0.1, 0.15) is 33.1 Å². The third kappa shape index (κ3) is 1.28. The van der Waals surface area contributed by atoms with Crippen LogP contribution in [0, 0.1) is 17.3 Å². The van der Waals surface area contributed by atoms with Crippen LogP contribution in [0.25, 0.3) is 0 Å². The first-order chi connectivity index (χ1) is 5.64. The molecule has 1 nitrogen and oxygen atoms in total. The molecule has 2 fully saturated rings. The zero-order valence-electron chi connectivity index (χ0n) is 8.64. The Labute approximate surface area is 76.1 Å². The van der Waals surface area contributed by atoms with Crippen LogP contribution >= 0.6 is 0 Å². The van der Waals surface area contributed by atoms with Crippen LogP contribution in [0.3, 0.4) is 0 Å². The minimum absolute atomic E-state index is 0.806. The fourth-order valence-corrected chi connectivity index (χ4v) is 2.92. The predicted molar refractivity (Wildman–Crippen MR) is 52.1 cm³/mol. The maximum atomic E-state index is 2.51. The van der Waals surface area contributed by atoms with Gasteiger partial charge < -0.3 is 4.90 Å². The quantitative estimate of drug-likeness (QED) is 0.579. The number of rotatable bonds is 1. The number of piperidine rings is 1. The maximum absolute atomic E-state index is 2.51. The summed E-state index contributed by atoms with van der Waals surface area (Å²) in [4.78, 5) is 2.51. The van der Waals surface area contributed by atoms with Gasteiger partial charge in [-0.1, -0.05) is 13.8 Å². The lowest BCUT2D eigenvalue weighted by atomic mass is 9.76. The van der Waals surface area contributed by atoms with Crippen LogP contribution in [0.4, 0.5) is 0 Å². The summed E-state index contributed by atoms with van der Waals surface area (Å²) in [6.07, 6.45) is 4.50. The van der Waals surface area contributed by atoms with Gasteiger partial charge in [-0.05, 0) is 50.1 Å². The molecule has 0 aromatic carbocycles. The van der Waals surface area contributed by atoms with Crippen LogP contribution < -0.4 is 0 Å². The van der Waals surface area contributed by atoms with Crippen molar-refractivity contribution in [1.82, 2.24) is 4.90 Å². The molecule has 1 heteroatoms. The van der Waals surface area contributed by atoms with Crippen molar-refractivity contribution in [1.29, 1.82) is 0 Å². The summed E-state index contributed by atoms with van der Waals surface area (Å²) >= 11 is 0. The van der Waals surface area contributed by atoms with E-state index in [4.69, 9.17) is 0 Å². The summed E-state index contributed by atoms with van der Waals surface area (Å²) in [7, 11) is 2.27. The molecule has 1 saturated carbocycles. The number of hydrogen-bond donors (Lipinski definition) is 0. The first-order valence-electron chi connectivity index (χ1n) is 5.33. The van der Waals surface area contributed by atoms with Crippen molar-refractivity contribution in [3.8, 4) is 0 Å². The highest BCUT2D eigenvalue weighted by Crippen LogP contribution is 2.58. The summed E-state index contributed by atoms with van der Waals surface area (Å²) < 4.78 is 0. The number of hydrogen-bond acceptors (Lipinski definition) is 1. The standard InChI is InChI=1S/C11H21N/c1-9(2)10-8-12(3)7-6-11(10)4-5-11/h9-10H,4-8H2,1-3H3. The van der Waals surface area contributed by atoms with E-state index < -0.39 is 0 Å². The third-order valence-corrected chi connectivity index (χ3v) is 3.98. The van der Waals surface area contributed by atoms with E-state index in [2.05, 4.69) is 25.8 Å². The van der Waals surface area contributed by atoms with E-state index in [-0.39, 0.29) is 0 Å². The Kier molecular flexibility index (Phi) is 1.95. The summed E-state index contributed by atoms with van der Waals surface area (Å²) in [5.41, 5.74) is 0.806. The van der Waals surface area contributed by atoms with Crippen molar-refractivity contribution in [2.24, 2.45) is 17.3 Å². The van der Waals surface area contributed by atoms with Gasteiger partial charge in [-0.25, -0.2) is 0 Å². The molecule has 0 N–H and O–H groups in total. The van der Waals surface area contributed by atoms with Gasteiger partial charge in [-0.2, -0.15) is 0 Å². The Morgan fingerprint density at radius 1 is 1.25 bits per heavy atom. The van der Waals surface area contributed by atoms with E-state index in [0.29, 0.717) is 0 Å². The Balaban J connectivity index is 2.06. The minimum Gasteiger partial charge on any atom is -0.306 e. The summed E-state index contributed by atoms with van der Waals surface area (Å²) in [5, 5.41) is 0. The zero-order chi connectivity index (χ0) is 8.77. The van der Waals surface area contributed by atoms with Gasteiger partial charge in [0.05, 0.1) is 0 Å². The van der Waals surface area contributed by atoms with Crippen molar-refractivity contribution >= 4 is 0 Å². The second kappa shape index (κ2) is 2.73. The lowest BCUT2D eigenvalue weighted by Crippen LogP contribution is -2.41. The Hall–Kier alpha value is -0.0400. The zero-order valence-corrected chi connectivity index (χ0v) is 8.64. The Morgan fingerprint density at radius 3 is 2.42 bits per heavy atom. The fourth-order valence-electron chi connectivity index (χ4n) is 2.92. The molecule has 0 radical (unpaired) electrons. The highest BCUT2D eigenvalue weighted by Gasteiger charge is 2.51. The molecule has 1 aliphatic carbocycles. The number of nitrogens with zero attached hydrogens (tertiary/aromatic N) is 1. The van der Waals surface area contributed by atoms with Crippen molar-refractivity contribution in [2.45, 2.75) is 33.1 Å². The van der Waals surface area contributed by atoms with Crippen LogP contribution in [-0.4, -0.2) is 25.0 Å². The molecule has 2 rings (SSSR count). The minimum atomic E-state index is 0.806. The largest absolute Gasteiger partial charge is 0.306 e. The normalized spacial score (nSPS) is 34.5. The van der Waals surface area contributed by atoms with Gasteiger partial charge >= 0.3 is 0 Å². The molecule has 1 spiro atoms. The molecule has 1 atom stereocenters. The van der Waals surface area contributed by atoms with Gasteiger partial charge in [0.1, 0.15) is 0 Å². The van der Waals surface area contributed by atoms with Crippen molar-refractivity contribution < 1.29 is 0 Å². The molecule has 0 bridgehead atoms. The maximum Gasteiger partial charge on any atom is 0.00144 e. The molecule has 2 aliphatic rings. The first kappa shape index (κ1) is 8.55. The van der Waals surface area contributed by atoms with E-state index >= 15 is 0 Å². The molecule has 1 saturated heterocycles. The van der Waals surface area contributed by atoms with Gasteiger partial charge in [-0.3, -0.25) is 0 Å². The van der Waals surface area contributed by atoms with Gasteiger partial charge in [-0.15, -0.1) is 0 Å². The van der Waals surface area contributed by atoms with E-state index in [1.54, 1.807) is 0 Å². The molecule has 70 valence electrons. The average Bonchev–Trinajstić information content (AvgIpc) is 2.76. The van der Waals surface area contributed by atoms with Gasteiger partial charge in [0.2, 0.25) is 0 Å². The molecule has 0 aromatic heterocycles.